The van der Waals surface area contributed by atoms with Gasteiger partial charge in [0, 0.05) is 19.7 Å². The average Bonchev–Trinajstić information content (AvgIpc) is 2.95. The van der Waals surface area contributed by atoms with Crippen LogP contribution in [0.1, 0.15) is 32.0 Å². The van der Waals surface area contributed by atoms with E-state index in [0.29, 0.717) is 13.0 Å². The van der Waals surface area contributed by atoms with Gasteiger partial charge in [-0.25, -0.2) is 4.98 Å². The molecule has 5 heteroatoms. The number of ether oxygens (including phenoxy) is 1. The number of carbonyl (C=O) groups excluding carboxylic acids is 1. The summed E-state index contributed by atoms with van der Waals surface area (Å²) < 4.78 is 5.79. The molecule has 3 rings (SSSR count). The van der Waals surface area contributed by atoms with E-state index in [-0.39, 0.29) is 12.0 Å². The first-order valence-electron chi connectivity index (χ1n) is 8.09. The Morgan fingerprint density at radius 1 is 1.45 bits per heavy atom. The van der Waals surface area contributed by atoms with Gasteiger partial charge in [0.15, 0.2) is 0 Å². The van der Waals surface area contributed by atoms with E-state index in [2.05, 4.69) is 16.9 Å². The van der Waals surface area contributed by atoms with Crippen molar-refractivity contribution in [2.45, 2.75) is 38.7 Å². The summed E-state index contributed by atoms with van der Waals surface area (Å²) in [7, 11) is 0. The zero-order valence-corrected chi connectivity index (χ0v) is 13.0. The SMILES string of the molecule is CCCO[C@H]1CCCN(C(=O)Cc2nc3ccccc3[nH]2)C1. The maximum Gasteiger partial charge on any atom is 0.230 e. The van der Waals surface area contributed by atoms with Crippen LogP contribution in [0.3, 0.4) is 0 Å². The molecule has 1 atom stereocenters. The summed E-state index contributed by atoms with van der Waals surface area (Å²) >= 11 is 0. The molecule has 1 aromatic carbocycles. The van der Waals surface area contributed by atoms with Crippen molar-refractivity contribution in [1.29, 1.82) is 0 Å². The third-order valence-electron chi connectivity index (χ3n) is 4.05. The standard InChI is InChI=1S/C17H23N3O2/c1-2-10-22-13-6-5-9-20(12-13)17(21)11-16-18-14-7-3-4-8-15(14)19-16/h3-4,7-8,13H,2,5-6,9-12H2,1H3,(H,18,19)/t13-/m0/s1. The Balaban J connectivity index is 1.61. The second kappa shape index (κ2) is 6.92. The number of imidazole rings is 1. The van der Waals surface area contributed by atoms with Gasteiger partial charge in [0.25, 0.3) is 0 Å². The molecule has 1 aliphatic rings. The van der Waals surface area contributed by atoms with Crippen molar-refractivity contribution in [2.24, 2.45) is 0 Å². The van der Waals surface area contributed by atoms with Gasteiger partial charge in [0.1, 0.15) is 5.82 Å². The van der Waals surface area contributed by atoms with E-state index in [1.807, 2.05) is 29.2 Å². The number of aromatic nitrogens is 2. The van der Waals surface area contributed by atoms with Gasteiger partial charge in [0.2, 0.25) is 5.91 Å². The fourth-order valence-corrected chi connectivity index (χ4v) is 2.93. The minimum absolute atomic E-state index is 0.129. The fourth-order valence-electron chi connectivity index (χ4n) is 2.93. The Morgan fingerprint density at radius 3 is 3.14 bits per heavy atom. The van der Waals surface area contributed by atoms with Crippen LogP contribution in [0.25, 0.3) is 11.0 Å². The molecule has 118 valence electrons. The van der Waals surface area contributed by atoms with Crippen LogP contribution in [0, 0.1) is 0 Å². The lowest BCUT2D eigenvalue weighted by atomic mass is 10.1. The molecule has 2 aromatic rings. The van der Waals surface area contributed by atoms with Crippen LogP contribution < -0.4 is 0 Å². The maximum absolute atomic E-state index is 12.5. The first-order chi connectivity index (χ1) is 10.8. The molecule has 0 unspecified atom stereocenters. The Kier molecular flexibility index (Phi) is 4.73. The number of hydrogen-bond donors (Lipinski definition) is 1. The van der Waals surface area contributed by atoms with Crippen molar-refractivity contribution in [3.05, 3.63) is 30.1 Å². The summed E-state index contributed by atoms with van der Waals surface area (Å²) in [6.45, 7) is 4.41. The largest absolute Gasteiger partial charge is 0.376 e. The number of H-pyrrole nitrogens is 1. The van der Waals surface area contributed by atoms with Crippen LogP contribution in [-0.4, -0.2) is 46.6 Å². The van der Waals surface area contributed by atoms with Gasteiger partial charge in [-0.3, -0.25) is 4.79 Å². The number of rotatable bonds is 5. The molecule has 5 nitrogen and oxygen atoms in total. The second-order valence-electron chi connectivity index (χ2n) is 5.85. The van der Waals surface area contributed by atoms with Crippen LogP contribution in [0.4, 0.5) is 0 Å². The van der Waals surface area contributed by atoms with E-state index in [1.165, 1.54) is 0 Å². The average molecular weight is 301 g/mol. The number of para-hydroxylation sites is 2. The molecule has 0 aliphatic carbocycles. The van der Waals surface area contributed by atoms with E-state index in [4.69, 9.17) is 4.74 Å². The van der Waals surface area contributed by atoms with Gasteiger partial charge < -0.3 is 14.6 Å². The molecule has 2 heterocycles. The van der Waals surface area contributed by atoms with Crippen LogP contribution in [0.5, 0.6) is 0 Å². The van der Waals surface area contributed by atoms with Crippen molar-refractivity contribution < 1.29 is 9.53 Å². The van der Waals surface area contributed by atoms with Crippen molar-refractivity contribution in [3.63, 3.8) is 0 Å². The molecule has 1 aromatic heterocycles. The van der Waals surface area contributed by atoms with Gasteiger partial charge in [-0.2, -0.15) is 0 Å². The predicted molar refractivity (Wildman–Crippen MR) is 85.6 cm³/mol. The highest BCUT2D eigenvalue weighted by molar-refractivity contribution is 5.80. The molecule has 1 fully saturated rings. The summed E-state index contributed by atoms with van der Waals surface area (Å²) in [4.78, 5) is 22.1. The fraction of sp³-hybridized carbons (Fsp3) is 0.529. The molecular formula is C17H23N3O2. The summed E-state index contributed by atoms with van der Waals surface area (Å²) in [5.41, 5.74) is 1.89. The highest BCUT2D eigenvalue weighted by Gasteiger charge is 2.24. The lowest BCUT2D eigenvalue weighted by Gasteiger charge is -2.32. The smallest absolute Gasteiger partial charge is 0.230 e. The zero-order valence-electron chi connectivity index (χ0n) is 13.0. The topological polar surface area (TPSA) is 58.2 Å². The molecule has 22 heavy (non-hydrogen) atoms. The van der Waals surface area contributed by atoms with Crippen molar-refractivity contribution >= 4 is 16.9 Å². The zero-order chi connectivity index (χ0) is 15.4. The van der Waals surface area contributed by atoms with Gasteiger partial charge in [-0.05, 0) is 31.4 Å². The van der Waals surface area contributed by atoms with E-state index in [1.54, 1.807) is 0 Å². The summed E-state index contributed by atoms with van der Waals surface area (Å²) in [5, 5.41) is 0. The van der Waals surface area contributed by atoms with Gasteiger partial charge in [-0.1, -0.05) is 19.1 Å². The Morgan fingerprint density at radius 2 is 2.32 bits per heavy atom. The number of nitrogens with zero attached hydrogens (tertiary/aromatic N) is 2. The molecule has 1 amide bonds. The number of fused-ring (bicyclic) bond motifs is 1. The summed E-state index contributed by atoms with van der Waals surface area (Å²) in [6.07, 6.45) is 3.60. The van der Waals surface area contributed by atoms with Crippen LogP contribution in [0.2, 0.25) is 0 Å². The quantitative estimate of drug-likeness (QED) is 0.923. The van der Waals surface area contributed by atoms with E-state index < -0.39 is 0 Å². The second-order valence-corrected chi connectivity index (χ2v) is 5.85. The first kappa shape index (κ1) is 15.0. The normalized spacial score (nSPS) is 18.8. The predicted octanol–water partition coefficient (Wildman–Crippen LogP) is 2.52. The molecule has 1 aliphatic heterocycles. The summed E-state index contributed by atoms with van der Waals surface area (Å²) in [6, 6.07) is 7.85. The number of carbonyl (C=O) groups is 1. The number of hydrogen-bond acceptors (Lipinski definition) is 3. The number of piperidine rings is 1. The summed E-state index contributed by atoms with van der Waals surface area (Å²) in [5.74, 6) is 0.867. The van der Waals surface area contributed by atoms with Crippen LogP contribution in [0.15, 0.2) is 24.3 Å². The Hall–Kier alpha value is -1.88. The number of benzene rings is 1. The molecule has 1 saturated heterocycles. The number of likely N-dealkylation sites (tertiary alicyclic amines) is 1. The van der Waals surface area contributed by atoms with Crippen molar-refractivity contribution in [3.8, 4) is 0 Å². The van der Waals surface area contributed by atoms with E-state index in [0.717, 1.165) is 49.3 Å². The lowest BCUT2D eigenvalue weighted by molar-refractivity contribution is -0.134. The van der Waals surface area contributed by atoms with Gasteiger partial charge in [0.05, 0.1) is 23.6 Å². The minimum atomic E-state index is 0.129. The minimum Gasteiger partial charge on any atom is -0.376 e. The monoisotopic (exact) mass is 301 g/mol. The molecule has 1 N–H and O–H groups in total. The van der Waals surface area contributed by atoms with Crippen molar-refractivity contribution in [1.82, 2.24) is 14.9 Å². The maximum atomic E-state index is 12.5. The van der Waals surface area contributed by atoms with E-state index in [9.17, 15) is 4.79 Å². The van der Waals surface area contributed by atoms with E-state index >= 15 is 0 Å². The van der Waals surface area contributed by atoms with Gasteiger partial charge >= 0.3 is 0 Å². The third kappa shape index (κ3) is 3.47. The molecule has 0 radical (unpaired) electrons. The molecule has 0 bridgehead atoms. The Labute approximate surface area is 130 Å². The molecule has 0 spiro atoms. The highest BCUT2D eigenvalue weighted by Crippen LogP contribution is 2.16. The van der Waals surface area contributed by atoms with Crippen LogP contribution in [-0.2, 0) is 16.0 Å². The lowest BCUT2D eigenvalue weighted by Crippen LogP contribution is -2.44. The number of nitrogens with one attached hydrogen (secondary N) is 1. The van der Waals surface area contributed by atoms with Gasteiger partial charge in [-0.15, -0.1) is 0 Å². The molecule has 0 saturated carbocycles. The molecular weight excluding hydrogens is 278 g/mol. The first-order valence-corrected chi connectivity index (χ1v) is 8.09. The number of amides is 1. The van der Waals surface area contributed by atoms with Crippen molar-refractivity contribution in [2.75, 3.05) is 19.7 Å². The van der Waals surface area contributed by atoms with Crippen LogP contribution >= 0.6 is 0 Å². The number of aromatic amines is 1. The third-order valence-corrected chi connectivity index (χ3v) is 4.05. The highest BCUT2D eigenvalue weighted by atomic mass is 16.5. The Bertz CT molecular complexity index is 605.